The number of imide groups is 1. The average Bonchev–Trinajstić information content (AvgIpc) is 2.76. The van der Waals surface area contributed by atoms with Crippen LogP contribution < -0.4 is 5.32 Å². The number of carboxylic acids is 1. The molecule has 6 nitrogen and oxygen atoms in total. The van der Waals surface area contributed by atoms with Crippen LogP contribution in [-0.2, 0) is 21.5 Å². The van der Waals surface area contributed by atoms with Gasteiger partial charge in [-0.25, -0.2) is 4.79 Å². The smallest absolute Gasteiger partial charge is 0.325 e. The van der Waals surface area contributed by atoms with Crippen LogP contribution in [0.25, 0.3) is 0 Å². The van der Waals surface area contributed by atoms with E-state index in [0.717, 1.165) is 22.4 Å². The molecule has 1 unspecified atom stereocenters. The summed E-state index contributed by atoms with van der Waals surface area (Å²) in [6, 6.07) is 7.04. The second-order valence-electron chi connectivity index (χ2n) is 5.34. The number of rotatable bonds is 6. The molecule has 1 fully saturated rings. The van der Waals surface area contributed by atoms with Crippen LogP contribution in [0.5, 0.6) is 0 Å². The molecule has 0 radical (unpaired) electrons. The minimum atomic E-state index is -1.10. The predicted molar refractivity (Wildman–Crippen MR) is 80.3 cm³/mol. The highest BCUT2D eigenvalue weighted by Crippen LogP contribution is 2.32. The third-order valence-corrected chi connectivity index (χ3v) is 4.11. The second-order valence-corrected chi connectivity index (χ2v) is 5.34. The Bertz CT molecular complexity index is 597. The van der Waals surface area contributed by atoms with E-state index in [0.29, 0.717) is 6.42 Å². The van der Waals surface area contributed by atoms with Crippen molar-refractivity contribution in [1.29, 1.82) is 0 Å². The monoisotopic (exact) mass is 304 g/mol. The molecule has 1 saturated heterocycles. The van der Waals surface area contributed by atoms with Gasteiger partial charge in [0.1, 0.15) is 5.54 Å². The second kappa shape index (κ2) is 6.17. The first kappa shape index (κ1) is 16.0. The number of nitrogens with zero attached hydrogens (tertiary/aromatic N) is 1. The highest BCUT2D eigenvalue weighted by Gasteiger charge is 2.50. The molecule has 118 valence electrons. The highest BCUT2D eigenvalue weighted by molar-refractivity contribution is 6.07. The van der Waals surface area contributed by atoms with Crippen molar-refractivity contribution in [2.24, 2.45) is 0 Å². The summed E-state index contributed by atoms with van der Waals surface area (Å²) in [7, 11) is 0. The van der Waals surface area contributed by atoms with Crippen LogP contribution >= 0.6 is 0 Å². The number of hydrogen-bond acceptors (Lipinski definition) is 3. The Hall–Kier alpha value is -2.37. The van der Waals surface area contributed by atoms with Gasteiger partial charge >= 0.3 is 12.0 Å². The van der Waals surface area contributed by atoms with Gasteiger partial charge in [0.15, 0.2) is 0 Å². The molecule has 0 aliphatic carbocycles. The molecule has 1 heterocycles. The van der Waals surface area contributed by atoms with E-state index in [9.17, 15) is 14.4 Å². The molecular weight excluding hydrogens is 284 g/mol. The fraction of sp³-hybridized carbons (Fsp3) is 0.438. The Kier molecular flexibility index (Phi) is 4.49. The number of benzene rings is 1. The Morgan fingerprint density at radius 3 is 2.36 bits per heavy atom. The van der Waals surface area contributed by atoms with Gasteiger partial charge < -0.3 is 10.4 Å². The third kappa shape index (κ3) is 2.68. The van der Waals surface area contributed by atoms with Gasteiger partial charge in [0.05, 0.1) is 6.42 Å². The lowest BCUT2D eigenvalue weighted by Gasteiger charge is -2.26. The maximum atomic E-state index is 12.7. The number of carbonyl (C=O) groups excluding carboxylic acids is 2. The molecular formula is C16H20N2O4. The molecule has 1 aromatic carbocycles. The molecule has 0 bridgehead atoms. The van der Waals surface area contributed by atoms with E-state index in [2.05, 4.69) is 5.32 Å². The van der Waals surface area contributed by atoms with Gasteiger partial charge in [-0.05, 0) is 24.0 Å². The number of amides is 3. The Balaban J connectivity index is 2.31. The molecule has 1 atom stereocenters. The van der Waals surface area contributed by atoms with Gasteiger partial charge in [0.2, 0.25) is 0 Å². The summed E-state index contributed by atoms with van der Waals surface area (Å²) in [5.41, 5.74) is 0.778. The van der Waals surface area contributed by atoms with Crippen molar-refractivity contribution in [3.05, 3.63) is 35.4 Å². The number of carbonyl (C=O) groups is 3. The summed E-state index contributed by atoms with van der Waals surface area (Å²) in [4.78, 5) is 36.4. The Labute approximate surface area is 129 Å². The number of urea groups is 1. The fourth-order valence-corrected chi connectivity index (χ4v) is 2.70. The van der Waals surface area contributed by atoms with E-state index in [1.54, 1.807) is 0 Å². The van der Waals surface area contributed by atoms with Crippen molar-refractivity contribution in [2.45, 2.75) is 38.6 Å². The van der Waals surface area contributed by atoms with Crippen LogP contribution in [0, 0.1) is 0 Å². The van der Waals surface area contributed by atoms with Crippen molar-refractivity contribution in [2.75, 3.05) is 6.54 Å². The summed E-state index contributed by atoms with van der Waals surface area (Å²) in [5, 5.41) is 11.5. The summed E-state index contributed by atoms with van der Waals surface area (Å²) >= 11 is 0. The van der Waals surface area contributed by atoms with Crippen LogP contribution in [0.1, 0.15) is 37.8 Å². The fourth-order valence-electron chi connectivity index (χ4n) is 2.70. The molecule has 3 amide bonds. The first-order valence-corrected chi connectivity index (χ1v) is 7.40. The van der Waals surface area contributed by atoms with E-state index in [1.807, 2.05) is 38.1 Å². The predicted octanol–water partition coefficient (Wildman–Crippen LogP) is 1.88. The third-order valence-electron chi connectivity index (χ3n) is 4.11. The van der Waals surface area contributed by atoms with E-state index in [4.69, 9.17) is 5.11 Å². The van der Waals surface area contributed by atoms with E-state index in [-0.39, 0.29) is 18.9 Å². The zero-order valence-corrected chi connectivity index (χ0v) is 12.8. The maximum absolute atomic E-state index is 12.7. The molecule has 0 spiro atoms. The molecule has 0 saturated carbocycles. The molecule has 0 aromatic heterocycles. The standard InChI is InChI=1S/C16H20N2O4/c1-3-11-5-7-12(8-6-11)16(4-2)14(21)18(15(22)17-16)10-9-13(19)20/h5-8H,3-4,9-10H2,1-2H3,(H,17,22)(H,19,20). The van der Waals surface area contributed by atoms with Crippen molar-refractivity contribution in [3.63, 3.8) is 0 Å². The maximum Gasteiger partial charge on any atom is 0.325 e. The van der Waals surface area contributed by atoms with Crippen LogP contribution in [0.2, 0.25) is 0 Å². The zero-order valence-electron chi connectivity index (χ0n) is 12.8. The SMILES string of the molecule is CCc1ccc(C2(CC)NC(=O)N(CCC(=O)O)C2=O)cc1. The van der Waals surface area contributed by atoms with Gasteiger partial charge in [0.25, 0.3) is 5.91 Å². The molecule has 6 heteroatoms. The molecule has 1 aliphatic heterocycles. The van der Waals surface area contributed by atoms with Gasteiger partial charge in [-0.15, -0.1) is 0 Å². The topological polar surface area (TPSA) is 86.7 Å². The number of hydrogen-bond donors (Lipinski definition) is 2. The summed E-state index contributed by atoms with van der Waals surface area (Å²) in [6.07, 6.45) is 1.05. The first-order chi connectivity index (χ1) is 10.4. The van der Waals surface area contributed by atoms with Gasteiger partial charge in [0, 0.05) is 6.54 Å². The highest BCUT2D eigenvalue weighted by atomic mass is 16.4. The van der Waals surface area contributed by atoms with Crippen molar-refractivity contribution in [1.82, 2.24) is 10.2 Å². The molecule has 2 N–H and O–H groups in total. The number of aliphatic carboxylic acids is 1. The van der Waals surface area contributed by atoms with Gasteiger partial charge in [-0.2, -0.15) is 0 Å². The Morgan fingerprint density at radius 2 is 1.86 bits per heavy atom. The van der Waals surface area contributed by atoms with Gasteiger partial charge in [-0.1, -0.05) is 38.1 Å². The number of aryl methyl sites for hydroxylation is 1. The largest absolute Gasteiger partial charge is 0.481 e. The van der Waals surface area contributed by atoms with Crippen molar-refractivity contribution in [3.8, 4) is 0 Å². The van der Waals surface area contributed by atoms with Gasteiger partial charge in [-0.3, -0.25) is 14.5 Å². The quantitative estimate of drug-likeness (QED) is 0.786. The molecule has 1 aromatic rings. The molecule has 2 rings (SSSR count). The Morgan fingerprint density at radius 1 is 1.23 bits per heavy atom. The van der Waals surface area contributed by atoms with Crippen LogP contribution in [0.4, 0.5) is 4.79 Å². The lowest BCUT2D eigenvalue weighted by atomic mass is 9.86. The normalized spacial score (nSPS) is 21.1. The van der Waals surface area contributed by atoms with Crippen molar-refractivity contribution >= 4 is 17.9 Å². The van der Waals surface area contributed by atoms with E-state index in [1.165, 1.54) is 0 Å². The first-order valence-electron chi connectivity index (χ1n) is 7.40. The average molecular weight is 304 g/mol. The minimum absolute atomic E-state index is 0.116. The van der Waals surface area contributed by atoms with Crippen LogP contribution in [0.15, 0.2) is 24.3 Å². The van der Waals surface area contributed by atoms with Crippen molar-refractivity contribution < 1.29 is 19.5 Å². The molecule has 22 heavy (non-hydrogen) atoms. The van der Waals surface area contributed by atoms with Crippen LogP contribution in [-0.4, -0.2) is 34.5 Å². The summed E-state index contributed by atoms with van der Waals surface area (Å²) in [5.74, 6) is -1.42. The lowest BCUT2D eigenvalue weighted by Crippen LogP contribution is -2.43. The summed E-state index contributed by atoms with van der Waals surface area (Å²) in [6.45, 7) is 3.75. The summed E-state index contributed by atoms with van der Waals surface area (Å²) < 4.78 is 0. The number of nitrogens with one attached hydrogen (secondary N) is 1. The minimum Gasteiger partial charge on any atom is -0.481 e. The van der Waals surface area contributed by atoms with Crippen LogP contribution in [0.3, 0.4) is 0 Å². The zero-order chi connectivity index (χ0) is 16.3. The number of carboxylic acid groups (broad SMARTS) is 1. The molecule has 1 aliphatic rings. The van der Waals surface area contributed by atoms with E-state index >= 15 is 0 Å². The van der Waals surface area contributed by atoms with E-state index < -0.39 is 17.5 Å². The lowest BCUT2D eigenvalue weighted by molar-refractivity contribution is -0.138.